The van der Waals surface area contributed by atoms with Crippen LogP contribution in [0.25, 0.3) is 0 Å². The van der Waals surface area contributed by atoms with Gasteiger partial charge in [0.05, 0.1) is 6.42 Å². The minimum atomic E-state index is -0.615. The zero-order chi connectivity index (χ0) is 25.4. The topological polar surface area (TPSA) is 105 Å². The first-order valence-electron chi connectivity index (χ1n) is 11.9. The molecule has 2 aromatic carbocycles. The lowest BCUT2D eigenvalue weighted by Gasteiger charge is -2.27. The fourth-order valence-electron chi connectivity index (χ4n) is 3.63. The van der Waals surface area contributed by atoms with Crippen molar-refractivity contribution in [3.63, 3.8) is 0 Å². The summed E-state index contributed by atoms with van der Waals surface area (Å²) in [4.78, 5) is 49.0. The summed E-state index contributed by atoms with van der Waals surface area (Å²) in [6.07, 6.45) is 2.03. The maximum absolute atomic E-state index is 13.1. The van der Waals surface area contributed by atoms with Crippen LogP contribution in [0.15, 0.2) is 36.4 Å². The number of Topliss-reactive ketones (excluding diaryl/α,β-unsaturated/α-hetero) is 1. The SMILES string of the molecule is CCCC(=O)Oc1ccc(C2CC(=O)c3c(OC(=O)CCC)cc(OC(=O)CCC)cc3O2)cc1. The predicted octanol–water partition coefficient (Wildman–Crippen LogP) is 5.51. The first-order chi connectivity index (χ1) is 16.8. The summed E-state index contributed by atoms with van der Waals surface area (Å²) in [5.74, 6) is -0.778. The molecule has 8 nitrogen and oxygen atoms in total. The molecule has 3 rings (SSSR count). The molecule has 186 valence electrons. The highest BCUT2D eigenvalue weighted by Crippen LogP contribution is 2.43. The smallest absolute Gasteiger partial charge is 0.311 e. The van der Waals surface area contributed by atoms with Crippen LogP contribution in [0, 0.1) is 0 Å². The molecule has 2 aromatic rings. The van der Waals surface area contributed by atoms with Crippen LogP contribution in [0.2, 0.25) is 0 Å². The molecule has 0 aliphatic carbocycles. The largest absolute Gasteiger partial charge is 0.484 e. The molecule has 0 radical (unpaired) electrons. The maximum atomic E-state index is 13.1. The zero-order valence-corrected chi connectivity index (χ0v) is 20.3. The van der Waals surface area contributed by atoms with E-state index in [1.165, 1.54) is 12.1 Å². The second-order valence-electron chi connectivity index (χ2n) is 8.27. The van der Waals surface area contributed by atoms with Gasteiger partial charge in [-0.25, -0.2) is 0 Å². The molecule has 0 N–H and O–H groups in total. The Labute approximate surface area is 204 Å². The lowest BCUT2D eigenvalue weighted by atomic mass is 9.95. The Kier molecular flexibility index (Phi) is 9.00. The third-order valence-corrected chi connectivity index (χ3v) is 5.26. The van der Waals surface area contributed by atoms with Crippen molar-refractivity contribution in [3.8, 4) is 23.0 Å². The Bertz CT molecular complexity index is 1090. The van der Waals surface area contributed by atoms with Gasteiger partial charge in [0.1, 0.15) is 34.7 Å². The normalized spacial score (nSPS) is 14.5. The molecule has 0 bridgehead atoms. The van der Waals surface area contributed by atoms with Gasteiger partial charge in [0.15, 0.2) is 5.78 Å². The second kappa shape index (κ2) is 12.1. The van der Waals surface area contributed by atoms with Crippen LogP contribution < -0.4 is 18.9 Å². The first kappa shape index (κ1) is 25.9. The summed E-state index contributed by atoms with van der Waals surface area (Å²) in [6.45, 7) is 5.59. The van der Waals surface area contributed by atoms with Crippen LogP contribution in [0.3, 0.4) is 0 Å². The third-order valence-electron chi connectivity index (χ3n) is 5.26. The third kappa shape index (κ3) is 6.91. The average Bonchev–Trinajstić information content (AvgIpc) is 2.79. The number of hydrogen-bond acceptors (Lipinski definition) is 8. The van der Waals surface area contributed by atoms with Gasteiger partial charge < -0.3 is 18.9 Å². The number of ether oxygens (including phenoxy) is 4. The Morgan fingerprint density at radius 3 is 1.91 bits per heavy atom. The van der Waals surface area contributed by atoms with E-state index >= 15 is 0 Å². The minimum Gasteiger partial charge on any atom is -0.484 e. The summed E-state index contributed by atoms with van der Waals surface area (Å²) in [6, 6.07) is 9.59. The van der Waals surface area contributed by atoms with E-state index in [1.807, 2.05) is 20.8 Å². The number of carbonyl (C=O) groups is 4. The monoisotopic (exact) mass is 482 g/mol. The van der Waals surface area contributed by atoms with E-state index in [0.29, 0.717) is 37.0 Å². The van der Waals surface area contributed by atoms with Crippen LogP contribution >= 0.6 is 0 Å². The van der Waals surface area contributed by atoms with Crippen LogP contribution in [-0.2, 0) is 14.4 Å². The van der Waals surface area contributed by atoms with Crippen LogP contribution in [-0.4, -0.2) is 23.7 Å². The molecule has 0 aromatic heterocycles. The molecule has 0 spiro atoms. The quantitative estimate of drug-likeness (QED) is 0.322. The highest BCUT2D eigenvalue weighted by molar-refractivity contribution is 6.03. The van der Waals surface area contributed by atoms with Gasteiger partial charge in [-0.05, 0) is 37.0 Å². The Morgan fingerprint density at radius 1 is 0.800 bits per heavy atom. The molecule has 8 heteroatoms. The fourth-order valence-corrected chi connectivity index (χ4v) is 3.63. The molecular weight excluding hydrogens is 452 g/mol. The molecule has 0 fully saturated rings. The van der Waals surface area contributed by atoms with E-state index in [2.05, 4.69) is 0 Å². The molecule has 0 saturated heterocycles. The van der Waals surface area contributed by atoms with Crippen molar-refractivity contribution >= 4 is 23.7 Å². The molecule has 0 saturated carbocycles. The van der Waals surface area contributed by atoms with E-state index in [0.717, 1.165) is 0 Å². The van der Waals surface area contributed by atoms with Crippen molar-refractivity contribution in [2.45, 2.75) is 71.8 Å². The van der Waals surface area contributed by atoms with E-state index in [-0.39, 0.29) is 53.8 Å². The van der Waals surface area contributed by atoms with Gasteiger partial charge >= 0.3 is 17.9 Å². The number of fused-ring (bicyclic) bond motifs is 1. The predicted molar refractivity (Wildman–Crippen MR) is 127 cm³/mol. The molecule has 1 atom stereocenters. The Morgan fingerprint density at radius 2 is 1.34 bits per heavy atom. The van der Waals surface area contributed by atoms with Crippen LogP contribution in [0.4, 0.5) is 0 Å². The van der Waals surface area contributed by atoms with Gasteiger partial charge in [-0.2, -0.15) is 0 Å². The van der Waals surface area contributed by atoms with E-state index < -0.39 is 18.0 Å². The lowest BCUT2D eigenvalue weighted by molar-refractivity contribution is -0.135. The summed E-state index contributed by atoms with van der Waals surface area (Å²) >= 11 is 0. The highest BCUT2D eigenvalue weighted by Gasteiger charge is 2.32. The second-order valence-corrected chi connectivity index (χ2v) is 8.27. The Hall–Kier alpha value is -3.68. The molecule has 1 heterocycles. The first-order valence-corrected chi connectivity index (χ1v) is 11.9. The zero-order valence-electron chi connectivity index (χ0n) is 20.3. The molecule has 0 amide bonds. The standard InChI is InChI=1S/C27H30O8/c1-4-7-24(29)32-18-12-10-17(11-13-18)21-16-20(28)27-22(34-21)14-19(33-25(30)8-5-2)15-23(27)35-26(31)9-6-3/h10-15,21H,4-9,16H2,1-3H3. The maximum Gasteiger partial charge on any atom is 0.311 e. The molecular formula is C27H30O8. The van der Waals surface area contributed by atoms with Gasteiger partial charge in [0, 0.05) is 31.4 Å². The van der Waals surface area contributed by atoms with Crippen molar-refractivity contribution in [1.29, 1.82) is 0 Å². The van der Waals surface area contributed by atoms with Crippen LogP contribution in [0.5, 0.6) is 23.0 Å². The number of esters is 3. The van der Waals surface area contributed by atoms with E-state index in [1.54, 1.807) is 24.3 Å². The summed E-state index contributed by atoms with van der Waals surface area (Å²) in [5.41, 5.74) is 0.850. The number of rotatable bonds is 10. The van der Waals surface area contributed by atoms with Gasteiger partial charge in [0.2, 0.25) is 0 Å². The van der Waals surface area contributed by atoms with Crippen molar-refractivity contribution in [1.82, 2.24) is 0 Å². The van der Waals surface area contributed by atoms with Crippen molar-refractivity contribution in [2.24, 2.45) is 0 Å². The molecule has 35 heavy (non-hydrogen) atoms. The van der Waals surface area contributed by atoms with E-state index in [9.17, 15) is 19.2 Å². The number of ketones is 1. The van der Waals surface area contributed by atoms with Crippen molar-refractivity contribution < 1.29 is 38.1 Å². The molecule has 1 unspecified atom stereocenters. The Balaban J connectivity index is 1.88. The van der Waals surface area contributed by atoms with Crippen molar-refractivity contribution in [3.05, 3.63) is 47.5 Å². The van der Waals surface area contributed by atoms with Gasteiger partial charge in [-0.1, -0.05) is 32.9 Å². The molecule has 1 aliphatic heterocycles. The van der Waals surface area contributed by atoms with E-state index in [4.69, 9.17) is 18.9 Å². The lowest BCUT2D eigenvalue weighted by Crippen LogP contribution is -2.22. The van der Waals surface area contributed by atoms with Gasteiger partial charge in [0.25, 0.3) is 0 Å². The van der Waals surface area contributed by atoms with Gasteiger partial charge in [-0.15, -0.1) is 0 Å². The summed E-state index contributed by atoms with van der Waals surface area (Å²) in [7, 11) is 0. The number of hydrogen-bond donors (Lipinski definition) is 0. The highest BCUT2D eigenvalue weighted by atomic mass is 16.6. The fraction of sp³-hybridized carbons (Fsp3) is 0.407. The average molecular weight is 483 g/mol. The van der Waals surface area contributed by atoms with Crippen molar-refractivity contribution in [2.75, 3.05) is 0 Å². The molecule has 1 aliphatic rings. The summed E-state index contributed by atoms with van der Waals surface area (Å²) < 4.78 is 22.2. The number of carbonyl (C=O) groups excluding carboxylic acids is 4. The van der Waals surface area contributed by atoms with Crippen LogP contribution in [0.1, 0.15) is 87.7 Å². The minimum absolute atomic E-state index is 0.0156. The number of benzene rings is 2. The summed E-state index contributed by atoms with van der Waals surface area (Å²) in [5, 5.41) is 0. The van der Waals surface area contributed by atoms with Gasteiger partial charge in [-0.3, -0.25) is 19.2 Å².